The highest BCUT2D eigenvalue weighted by atomic mass is 16.6. The van der Waals surface area contributed by atoms with Crippen LogP contribution in [0, 0.1) is 6.92 Å². The van der Waals surface area contributed by atoms with Crippen LogP contribution in [0.1, 0.15) is 41.3 Å². The predicted molar refractivity (Wildman–Crippen MR) is 158 cm³/mol. The van der Waals surface area contributed by atoms with Gasteiger partial charge in [0.2, 0.25) is 0 Å². The van der Waals surface area contributed by atoms with Gasteiger partial charge >= 0.3 is 17.5 Å². The Balaban J connectivity index is 1.32. The molecule has 0 bridgehead atoms. The van der Waals surface area contributed by atoms with Crippen LogP contribution in [0.4, 0.5) is 0 Å². The van der Waals surface area contributed by atoms with Crippen molar-refractivity contribution in [3.63, 3.8) is 0 Å². The first-order valence-electron chi connectivity index (χ1n) is 14.0. The van der Waals surface area contributed by atoms with Crippen LogP contribution in [-0.4, -0.2) is 31.9 Å². The second-order valence-electron chi connectivity index (χ2n) is 9.86. The molecule has 3 aromatic carbocycles. The number of rotatable bonds is 10. The summed E-state index contributed by atoms with van der Waals surface area (Å²) in [5, 5.41) is 4.01. The molecule has 12 nitrogen and oxygen atoms in total. The summed E-state index contributed by atoms with van der Waals surface area (Å²) in [5.74, 6) is -1.12. The van der Waals surface area contributed by atoms with Crippen molar-refractivity contribution in [2.75, 3.05) is 6.61 Å². The number of fused-ring (bicyclic) bond motifs is 1. The van der Waals surface area contributed by atoms with Crippen LogP contribution < -0.4 is 16.3 Å². The second kappa shape index (κ2) is 11.9. The SMILES string of the molecule is CCOc1nc2cccc(C(=O)OCc3oc(=O)oc3C)c2n1Cc1ccc(-c2ccccc2-c2noc(=O)n2CC)cc1. The smallest absolute Gasteiger partial charge is 0.465 e. The van der Waals surface area contributed by atoms with Gasteiger partial charge in [-0.25, -0.2) is 14.4 Å². The second-order valence-corrected chi connectivity index (χ2v) is 9.86. The Labute approximate surface area is 250 Å². The van der Waals surface area contributed by atoms with Gasteiger partial charge in [-0.2, -0.15) is 4.98 Å². The zero-order chi connectivity index (χ0) is 30.8. The fourth-order valence-corrected chi connectivity index (χ4v) is 5.07. The zero-order valence-corrected chi connectivity index (χ0v) is 24.2. The van der Waals surface area contributed by atoms with Crippen LogP contribution in [0.25, 0.3) is 33.5 Å². The molecule has 0 N–H and O–H groups in total. The molecule has 0 saturated heterocycles. The van der Waals surface area contributed by atoms with Crippen LogP contribution >= 0.6 is 0 Å². The third-order valence-corrected chi connectivity index (χ3v) is 7.17. The highest BCUT2D eigenvalue weighted by Gasteiger charge is 2.22. The molecule has 6 rings (SSSR count). The van der Waals surface area contributed by atoms with Gasteiger partial charge in [-0.15, -0.1) is 0 Å². The Kier molecular flexibility index (Phi) is 7.71. The van der Waals surface area contributed by atoms with Crippen molar-refractivity contribution in [1.82, 2.24) is 19.3 Å². The molecule has 3 aromatic heterocycles. The molecule has 3 heterocycles. The Morgan fingerprint density at radius 1 is 0.909 bits per heavy atom. The summed E-state index contributed by atoms with van der Waals surface area (Å²) in [4.78, 5) is 41.3. The molecule has 0 aliphatic rings. The topological polar surface area (TPSA) is 145 Å². The quantitative estimate of drug-likeness (QED) is 0.194. The first-order valence-corrected chi connectivity index (χ1v) is 14.0. The van der Waals surface area contributed by atoms with Gasteiger partial charge in [-0.1, -0.05) is 59.8 Å². The third kappa shape index (κ3) is 5.33. The zero-order valence-electron chi connectivity index (χ0n) is 24.2. The standard InChI is InChI=1S/C32H28N4O8/c1-4-35-28(34-44-31(35)38)23-10-7-6-9-22(23)21-15-13-20(14-16-21)17-36-27-24(11-8-12-25(27)33-30(36)40-5-2)29(37)41-18-26-19(3)42-32(39)43-26/h6-16H,4-5,17-18H2,1-3H3. The minimum atomic E-state index is -0.857. The Hall–Kier alpha value is -5.65. The van der Waals surface area contributed by atoms with Crippen molar-refractivity contribution in [3.8, 4) is 28.5 Å². The molecule has 0 saturated carbocycles. The number of para-hydroxylation sites is 1. The molecule has 0 aliphatic heterocycles. The molecule has 0 atom stereocenters. The predicted octanol–water partition coefficient (Wildman–Crippen LogP) is 5.20. The largest absolute Gasteiger partial charge is 0.519 e. The van der Waals surface area contributed by atoms with Gasteiger partial charge in [0.25, 0.3) is 6.01 Å². The number of hydrogen-bond acceptors (Lipinski definition) is 10. The number of nitrogens with zero attached hydrogens (tertiary/aromatic N) is 4. The lowest BCUT2D eigenvalue weighted by molar-refractivity contribution is 0.0444. The van der Waals surface area contributed by atoms with Crippen molar-refractivity contribution < 1.29 is 27.6 Å². The molecule has 224 valence electrons. The summed E-state index contributed by atoms with van der Waals surface area (Å²) >= 11 is 0. The highest BCUT2D eigenvalue weighted by molar-refractivity contribution is 6.02. The van der Waals surface area contributed by atoms with Gasteiger partial charge in [0.05, 0.1) is 29.7 Å². The van der Waals surface area contributed by atoms with Crippen molar-refractivity contribution >= 4 is 17.0 Å². The molecule has 0 radical (unpaired) electrons. The lowest BCUT2D eigenvalue weighted by Crippen LogP contribution is -2.13. The first-order chi connectivity index (χ1) is 21.4. The Morgan fingerprint density at radius 2 is 1.68 bits per heavy atom. The average Bonchev–Trinajstić information content (AvgIpc) is 3.69. The maximum Gasteiger partial charge on any atom is 0.519 e. The fourth-order valence-electron chi connectivity index (χ4n) is 5.07. The van der Waals surface area contributed by atoms with Crippen molar-refractivity contribution in [3.05, 3.63) is 111 Å². The van der Waals surface area contributed by atoms with E-state index < -0.39 is 17.5 Å². The molecule has 0 amide bonds. The normalized spacial score (nSPS) is 11.2. The summed E-state index contributed by atoms with van der Waals surface area (Å²) in [5.41, 5.74) is 4.92. The molecule has 0 spiro atoms. The minimum absolute atomic E-state index is 0.141. The average molecular weight is 597 g/mol. The van der Waals surface area contributed by atoms with E-state index in [0.717, 1.165) is 22.3 Å². The van der Waals surface area contributed by atoms with Gasteiger partial charge in [0, 0.05) is 12.1 Å². The summed E-state index contributed by atoms with van der Waals surface area (Å²) in [6.07, 6.45) is 0. The maximum absolute atomic E-state index is 13.2. The van der Waals surface area contributed by atoms with Crippen molar-refractivity contribution in [1.29, 1.82) is 0 Å². The summed E-state index contributed by atoms with van der Waals surface area (Å²) in [7, 11) is 0. The van der Waals surface area contributed by atoms with Crippen molar-refractivity contribution in [2.45, 2.75) is 40.5 Å². The fraction of sp³-hybridized carbons (Fsp3) is 0.219. The molecule has 0 fully saturated rings. The van der Waals surface area contributed by atoms with Gasteiger partial charge in [0.1, 0.15) is 0 Å². The van der Waals surface area contributed by atoms with E-state index in [-0.39, 0.29) is 23.7 Å². The number of carbonyl (C=O) groups excluding carboxylic acids is 1. The van der Waals surface area contributed by atoms with Crippen LogP contribution in [-0.2, 0) is 24.4 Å². The number of ether oxygens (including phenoxy) is 2. The van der Waals surface area contributed by atoms with E-state index in [4.69, 9.17) is 22.8 Å². The molecule has 44 heavy (non-hydrogen) atoms. The number of aromatic nitrogens is 4. The maximum atomic E-state index is 13.2. The van der Waals surface area contributed by atoms with E-state index in [9.17, 15) is 14.4 Å². The van der Waals surface area contributed by atoms with E-state index in [2.05, 4.69) is 10.1 Å². The lowest BCUT2D eigenvalue weighted by Gasteiger charge is -2.13. The molecule has 6 aromatic rings. The molecular formula is C32H28N4O8. The number of carbonyl (C=O) groups is 1. The molecular weight excluding hydrogens is 568 g/mol. The van der Waals surface area contributed by atoms with Crippen LogP contribution in [0.3, 0.4) is 0 Å². The lowest BCUT2D eigenvalue weighted by atomic mass is 9.98. The summed E-state index contributed by atoms with van der Waals surface area (Å²) in [6, 6.07) is 21.1. The number of aryl methyl sites for hydroxylation is 1. The van der Waals surface area contributed by atoms with E-state index in [1.165, 1.54) is 4.57 Å². The number of benzene rings is 3. The van der Waals surface area contributed by atoms with Crippen LogP contribution in [0.2, 0.25) is 0 Å². The monoisotopic (exact) mass is 596 g/mol. The van der Waals surface area contributed by atoms with Crippen molar-refractivity contribution in [2.24, 2.45) is 0 Å². The van der Waals surface area contributed by atoms with E-state index in [1.54, 1.807) is 25.1 Å². The number of imidazole rings is 1. The summed E-state index contributed by atoms with van der Waals surface area (Å²) < 4.78 is 29.4. The number of hydrogen-bond donors (Lipinski definition) is 0. The summed E-state index contributed by atoms with van der Waals surface area (Å²) in [6.45, 7) is 6.18. The van der Waals surface area contributed by atoms with E-state index in [0.29, 0.717) is 42.6 Å². The number of esters is 1. The molecule has 12 heteroatoms. The highest BCUT2D eigenvalue weighted by Crippen LogP contribution is 2.32. The first kappa shape index (κ1) is 28.5. The van der Waals surface area contributed by atoms with Gasteiger partial charge in [-0.05, 0) is 49.6 Å². The van der Waals surface area contributed by atoms with Crippen LogP contribution in [0.15, 0.2) is 89.7 Å². The molecule has 0 aliphatic carbocycles. The minimum Gasteiger partial charge on any atom is -0.465 e. The Morgan fingerprint density at radius 3 is 2.39 bits per heavy atom. The van der Waals surface area contributed by atoms with E-state index in [1.807, 2.05) is 66.9 Å². The third-order valence-electron chi connectivity index (χ3n) is 7.17. The van der Waals surface area contributed by atoms with E-state index >= 15 is 0 Å². The Bertz CT molecular complexity index is 2080. The van der Waals surface area contributed by atoms with Gasteiger partial charge < -0.3 is 18.3 Å². The van der Waals surface area contributed by atoms with Gasteiger partial charge in [0.15, 0.2) is 24.0 Å². The van der Waals surface area contributed by atoms with Crippen LogP contribution in [0.5, 0.6) is 6.01 Å². The molecule has 0 unspecified atom stereocenters. The van der Waals surface area contributed by atoms with Gasteiger partial charge in [-0.3, -0.25) is 13.7 Å².